The maximum atomic E-state index is 11.8. The van der Waals surface area contributed by atoms with Gasteiger partial charge in [-0.2, -0.15) is 0 Å². The van der Waals surface area contributed by atoms with E-state index in [9.17, 15) is 14.4 Å². The van der Waals surface area contributed by atoms with Gasteiger partial charge in [0.1, 0.15) is 5.75 Å². The molecule has 0 aliphatic carbocycles. The van der Waals surface area contributed by atoms with Crippen molar-refractivity contribution in [2.75, 3.05) is 17.7 Å². The van der Waals surface area contributed by atoms with E-state index in [4.69, 9.17) is 10.5 Å². The molecule has 0 fully saturated rings. The number of nitrogens with zero attached hydrogens (tertiary/aromatic N) is 7. The van der Waals surface area contributed by atoms with Gasteiger partial charge in [0.25, 0.3) is 5.91 Å². The molecule has 13 heteroatoms. The van der Waals surface area contributed by atoms with Gasteiger partial charge in [0.2, 0.25) is 0 Å². The molecule has 0 aliphatic rings. The Kier molecular flexibility index (Phi) is 14.3. The van der Waals surface area contributed by atoms with Gasteiger partial charge in [-0.15, -0.1) is 0 Å². The molecular formula is C37H33N9O4. The van der Waals surface area contributed by atoms with E-state index in [-0.39, 0.29) is 12.5 Å². The van der Waals surface area contributed by atoms with Gasteiger partial charge in [0, 0.05) is 89.6 Å². The number of imidazole rings is 2. The Hall–Kier alpha value is -7.28. The monoisotopic (exact) mass is 667 g/mol. The Balaban J connectivity index is 0.000000168. The van der Waals surface area contributed by atoms with E-state index < -0.39 is 0 Å². The number of aromatic nitrogens is 7. The van der Waals surface area contributed by atoms with Crippen LogP contribution in [0.3, 0.4) is 0 Å². The third kappa shape index (κ3) is 12.5. The van der Waals surface area contributed by atoms with Gasteiger partial charge < -0.3 is 24.9 Å². The number of nitrogens with two attached hydrogens (primary N) is 1. The van der Waals surface area contributed by atoms with Crippen molar-refractivity contribution in [2.45, 2.75) is 0 Å². The maximum Gasteiger partial charge on any atom is 0.262 e. The fourth-order valence-electron chi connectivity index (χ4n) is 3.86. The van der Waals surface area contributed by atoms with E-state index in [1.165, 1.54) is 12.4 Å². The minimum absolute atomic E-state index is 0.0606. The Morgan fingerprint density at radius 3 is 1.54 bits per heavy atom. The van der Waals surface area contributed by atoms with Crippen LogP contribution in [0.4, 0.5) is 11.4 Å². The maximum absolute atomic E-state index is 11.8. The van der Waals surface area contributed by atoms with Crippen LogP contribution in [-0.4, -0.2) is 59.1 Å². The Morgan fingerprint density at radius 1 is 0.640 bits per heavy atom. The van der Waals surface area contributed by atoms with Crippen LogP contribution < -0.4 is 15.8 Å². The second kappa shape index (κ2) is 20.1. The molecule has 7 aromatic rings. The molecule has 0 saturated carbocycles. The number of carbonyl (C=O) groups is 3. The number of anilines is 2. The lowest BCUT2D eigenvalue weighted by Gasteiger charge is -2.08. The summed E-state index contributed by atoms with van der Waals surface area (Å²) in [6.45, 7) is -0.0606. The van der Waals surface area contributed by atoms with Crippen molar-refractivity contribution in [3.05, 3.63) is 171 Å². The van der Waals surface area contributed by atoms with Gasteiger partial charge in [0.15, 0.2) is 19.2 Å². The molecule has 0 unspecified atom stereocenters. The fourth-order valence-corrected chi connectivity index (χ4v) is 3.86. The van der Waals surface area contributed by atoms with Crippen LogP contribution in [0.5, 0.6) is 5.75 Å². The first-order valence-corrected chi connectivity index (χ1v) is 15.0. The molecule has 0 aliphatic heterocycles. The summed E-state index contributed by atoms with van der Waals surface area (Å²) in [5, 5.41) is 2.78. The molecule has 0 radical (unpaired) electrons. The number of rotatable bonds is 8. The predicted octanol–water partition coefficient (Wildman–Crippen LogP) is 5.53. The lowest BCUT2D eigenvalue weighted by molar-refractivity contribution is -0.118. The van der Waals surface area contributed by atoms with E-state index in [0.29, 0.717) is 22.6 Å². The smallest absolute Gasteiger partial charge is 0.262 e. The number of amides is 1. The summed E-state index contributed by atoms with van der Waals surface area (Å²) in [6, 6.07) is 25.5. The van der Waals surface area contributed by atoms with Crippen LogP contribution >= 0.6 is 0 Å². The standard InChI is InChI=1S/C16H14N4O2.C9H9N3.2C6H5NO/c21-16(11-22-15-2-1-7-17-10-15)19-13-3-5-14(6-4-13)20-9-8-18-12-20;10-8-1-3-9(4-2-8)12-6-5-11-7-12;2*8-5-6-2-1-3-7-4-6/h1-10,12H,11H2,(H,19,21);1-7H,10H2;2*1-5H. The minimum Gasteiger partial charge on any atom is -0.482 e. The highest BCUT2D eigenvalue weighted by molar-refractivity contribution is 5.91. The van der Waals surface area contributed by atoms with Crippen molar-refractivity contribution in [3.63, 3.8) is 0 Å². The highest BCUT2D eigenvalue weighted by atomic mass is 16.5. The average Bonchev–Trinajstić information content (AvgIpc) is 3.93. The summed E-state index contributed by atoms with van der Waals surface area (Å²) in [6.07, 6.45) is 21.7. The summed E-state index contributed by atoms with van der Waals surface area (Å²) in [4.78, 5) is 51.1. The van der Waals surface area contributed by atoms with E-state index in [0.717, 1.165) is 29.6 Å². The first kappa shape index (κ1) is 35.6. The van der Waals surface area contributed by atoms with Crippen molar-refractivity contribution >= 4 is 29.9 Å². The summed E-state index contributed by atoms with van der Waals surface area (Å²) >= 11 is 0. The van der Waals surface area contributed by atoms with Crippen molar-refractivity contribution < 1.29 is 19.1 Å². The number of hydrogen-bond donors (Lipinski definition) is 2. The van der Waals surface area contributed by atoms with E-state index in [1.54, 1.807) is 86.2 Å². The van der Waals surface area contributed by atoms with Gasteiger partial charge in [-0.05, 0) is 84.9 Å². The zero-order valence-corrected chi connectivity index (χ0v) is 26.7. The molecule has 13 nitrogen and oxygen atoms in total. The van der Waals surface area contributed by atoms with Crippen LogP contribution in [0.25, 0.3) is 11.4 Å². The SMILES string of the molecule is Nc1ccc(-n2ccnc2)cc1.O=C(COc1cccnc1)Nc1ccc(-n2ccnc2)cc1.O=Cc1cccnc1.O=Cc1cccnc1. The van der Waals surface area contributed by atoms with Gasteiger partial charge in [0.05, 0.1) is 18.9 Å². The van der Waals surface area contributed by atoms with Crippen LogP contribution in [-0.2, 0) is 4.79 Å². The molecule has 5 aromatic heterocycles. The lowest BCUT2D eigenvalue weighted by atomic mass is 10.2. The summed E-state index contributed by atoms with van der Waals surface area (Å²) < 4.78 is 9.15. The second-order valence-corrected chi connectivity index (χ2v) is 9.91. The number of nitrogens with one attached hydrogen (secondary N) is 1. The largest absolute Gasteiger partial charge is 0.482 e. The predicted molar refractivity (Wildman–Crippen MR) is 189 cm³/mol. The number of ether oxygens (including phenoxy) is 1. The zero-order chi connectivity index (χ0) is 35.2. The summed E-state index contributed by atoms with van der Waals surface area (Å²) in [5.74, 6) is 0.340. The zero-order valence-electron chi connectivity index (χ0n) is 26.7. The summed E-state index contributed by atoms with van der Waals surface area (Å²) in [5.41, 5.74) is 10.3. The van der Waals surface area contributed by atoms with Crippen molar-refractivity contribution in [3.8, 4) is 17.1 Å². The van der Waals surface area contributed by atoms with Gasteiger partial charge >= 0.3 is 0 Å². The molecule has 50 heavy (non-hydrogen) atoms. The minimum atomic E-state index is -0.223. The fraction of sp³-hybridized carbons (Fsp3) is 0.0270. The second-order valence-electron chi connectivity index (χ2n) is 9.91. The molecule has 0 spiro atoms. The molecule has 0 atom stereocenters. The highest BCUT2D eigenvalue weighted by Crippen LogP contribution is 2.13. The van der Waals surface area contributed by atoms with Crippen molar-refractivity contribution in [2.24, 2.45) is 0 Å². The van der Waals surface area contributed by atoms with Crippen molar-refractivity contribution in [1.29, 1.82) is 0 Å². The van der Waals surface area contributed by atoms with Gasteiger partial charge in [-0.1, -0.05) is 0 Å². The first-order valence-electron chi connectivity index (χ1n) is 15.0. The Morgan fingerprint density at radius 2 is 1.14 bits per heavy atom. The van der Waals surface area contributed by atoms with Crippen LogP contribution in [0.15, 0.2) is 160 Å². The first-order chi connectivity index (χ1) is 24.5. The third-order valence-electron chi connectivity index (χ3n) is 6.29. The van der Waals surface area contributed by atoms with E-state index >= 15 is 0 Å². The number of carbonyl (C=O) groups excluding carboxylic acids is 3. The molecular weight excluding hydrogens is 634 g/mol. The molecule has 3 N–H and O–H groups in total. The van der Waals surface area contributed by atoms with Crippen LogP contribution in [0, 0.1) is 0 Å². The molecule has 2 aromatic carbocycles. The number of pyridine rings is 3. The van der Waals surface area contributed by atoms with Gasteiger partial charge in [-0.25, -0.2) is 9.97 Å². The van der Waals surface area contributed by atoms with Crippen LogP contribution in [0.1, 0.15) is 20.7 Å². The topological polar surface area (TPSA) is 173 Å². The molecule has 0 saturated heterocycles. The summed E-state index contributed by atoms with van der Waals surface area (Å²) in [7, 11) is 0. The molecule has 250 valence electrons. The Bertz CT molecular complexity index is 1910. The number of benzene rings is 2. The third-order valence-corrected chi connectivity index (χ3v) is 6.29. The number of aldehydes is 2. The van der Waals surface area contributed by atoms with Gasteiger partial charge in [-0.3, -0.25) is 29.3 Å². The number of nitrogen functional groups attached to an aromatic ring is 1. The Labute approximate surface area is 288 Å². The molecule has 1 amide bonds. The number of hydrogen-bond acceptors (Lipinski definition) is 10. The highest BCUT2D eigenvalue weighted by Gasteiger charge is 2.04. The van der Waals surface area contributed by atoms with Crippen molar-refractivity contribution in [1.82, 2.24) is 34.1 Å². The molecule has 0 bridgehead atoms. The average molecular weight is 668 g/mol. The molecule has 5 heterocycles. The normalized spacial score (nSPS) is 9.60. The molecule has 7 rings (SSSR count). The quantitative estimate of drug-likeness (QED) is 0.155. The van der Waals surface area contributed by atoms with E-state index in [2.05, 4.69) is 30.2 Å². The van der Waals surface area contributed by atoms with Crippen LogP contribution in [0.2, 0.25) is 0 Å². The van der Waals surface area contributed by atoms with E-state index in [1.807, 2.05) is 70.1 Å². The lowest BCUT2D eigenvalue weighted by Crippen LogP contribution is -2.20.